The fraction of sp³-hybridized carbons (Fsp3) is 0.231. The number of amides is 1. The quantitative estimate of drug-likeness (QED) is 0.853. The zero-order chi connectivity index (χ0) is 13.8. The van der Waals surface area contributed by atoms with Gasteiger partial charge in [0.05, 0.1) is 18.6 Å². The number of benzene rings is 1. The summed E-state index contributed by atoms with van der Waals surface area (Å²) in [7, 11) is 1.56. The van der Waals surface area contributed by atoms with Crippen molar-refractivity contribution in [3.05, 3.63) is 28.7 Å². The van der Waals surface area contributed by atoms with Crippen molar-refractivity contribution in [2.75, 3.05) is 13.7 Å². The number of para-hydroxylation sites is 1. The normalized spacial score (nSPS) is 16.6. The highest BCUT2D eigenvalue weighted by atomic mass is 32.2. The van der Waals surface area contributed by atoms with E-state index in [0.717, 1.165) is 17.3 Å². The van der Waals surface area contributed by atoms with Gasteiger partial charge in [0.1, 0.15) is 0 Å². The van der Waals surface area contributed by atoms with Crippen LogP contribution in [0.3, 0.4) is 0 Å². The zero-order valence-corrected chi connectivity index (χ0v) is 11.5. The molecule has 19 heavy (non-hydrogen) atoms. The van der Waals surface area contributed by atoms with Gasteiger partial charge in [-0.2, -0.15) is 4.99 Å². The van der Waals surface area contributed by atoms with Crippen LogP contribution in [0.25, 0.3) is 6.08 Å². The Hall–Kier alpha value is -1.95. The highest BCUT2D eigenvalue weighted by Crippen LogP contribution is 2.35. The SMILES string of the molecule is CCOc1cccc(/C=C2\SC(N)=NC2=O)c1OC. The molecule has 1 aromatic rings. The lowest BCUT2D eigenvalue weighted by atomic mass is 10.1. The number of ether oxygens (including phenoxy) is 2. The maximum atomic E-state index is 11.6. The number of thioether (sulfide) groups is 1. The molecule has 0 saturated heterocycles. The van der Waals surface area contributed by atoms with Crippen LogP contribution in [0.15, 0.2) is 28.1 Å². The fourth-order valence-corrected chi connectivity index (χ4v) is 2.37. The topological polar surface area (TPSA) is 73.9 Å². The molecule has 2 rings (SSSR count). The molecule has 2 N–H and O–H groups in total. The molecule has 1 aromatic carbocycles. The molecular formula is C13H14N2O3S. The fourth-order valence-electron chi connectivity index (χ4n) is 1.70. The van der Waals surface area contributed by atoms with Crippen molar-refractivity contribution in [2.45, 2.75) is 6.92 Å². The lowest BCUT2D eigenvalue weighted by molar-refractivity contribution is -0.113. The minimum atomic E-state index is -0.327. The van der Waals surface area contributed by atoms with E-state index >= 15 is 0 Å². The van der Waals surface area contributed by atoms with Crippen LogP contribution in [-0.2, 0) is 4.79 Å². The molecular weight excluding hydrogens is 264 g/mol. The molecule has 0 radical (unpaired) electrons. The van der Waals surface area contributed by atoms with Gasteiger partial charge in [0.25, 0.3) is 5.91 Å². The predicted molar refractivity (Wildman–Crippen MR) is 76.4 cm³/mol. The van der Waals surface area contributed by atoms with E-state index in [1.807, 2.05) is 25.1 Å². The van der Waals surface area contributed by atoms with Gasteiger partial charge in [0.2, 0.25) is 0 Å². The summed E-state index contributed by atoms with van der Waals surface area (Å²) in [4.78, 5) is 15.7. The average molecular weight is 278 g/mol. The zero-order valence-electron chi connectivity index (χ0n) is 10.7. The molecule has 0 aliphatic carbocycles. The Morgan fingerprint density at radius 1 is 1.47 bits per heavy atom. The lowest BCUT2D eigenvalue weighted by Gasteiger charge is -2.11. The van der Waals surface area contributed by atoms with Crippen LogP contribution in [0.5, 0.6) is 11.5 Å². The second-order valence-corrected chi connectivity index (χ2v) is 4.74. The van der Waals surface area contributed by atoms with Gasteiger partial charge in [-0.15, -0.1) is 0 Å². The number of hydrogen-bond acceptors (Lipinski definition) is 5. The van der Waals surface area contributed by atoms with Gasteiger partial charge in [-0.1, -0.05) is 12.1 Å². The highest BCUT2D eigenvalue weighted by molar-refractivity contribution is 8.18. The summed E-state index contributed by atoms with van der Waals surface area (Å²) in [5.74, 6) is 0.908. The van der Waals surface area contributed by atoms with E-state index in [1.165, 1.54) is 0 Å². The molecule has 6 heteroatoms. The second-order valence-electron chi connectivity index (χ2n) is 3.68. The number of nitrogens with two attached hydrogens (primary N) is 1. The standard InChI is InChI=1S/C13H14N2O3S/c1-3-18-9-6-4-5-8(11(9)17-2)7-10-12(16)15-13(14)19-10/h4-7H,3H2,1-2H3,(H2,14,15,16)/b10-7-. The molecule has 1 heterocycles. The van der Waals surface area contributed by atoms with Crippen molar-refractivity contribution in [1.29, 1.82) is 0 Å². The molecule has 1 aliphatic rings. The van der Waals surface area contributed by atoms with Crippen molar-refractivity contribution >= 4 is 28.9 Å². The van der Waals surface area contributed by atoms with Crippen LogP contribution >= 0.6 is 11.8 Å². The van der Waals surface area contributed by atoms with Gasteiger partial charge < -0.3 is 15.2 Å². The number of carbonyl (C=O) groups is 1. The number of nitrogens with zero attached hydrogens (tertiary/aromatic N) is 1. The van der Waals surface area contributed by atoms with Crippen LogP contribution < -0.4 is 15.2 Å². The minimum absolute atomic E-state index is 0.260. The van der Waals surface area contributed by atoms with Crippen LogP contribution in [0.2, 0.25) is 0 Å². The van der Waals surface area contributed by atoms with Crippen molar-refractivity contribution < 1.29 is 14.3 Å². The Bertz CT molecular complexity index is 567. The van der Waals surface area contributed by atoms with E-state index in [-0.39, 0.29) is 11.1 Å². The Balaban J connectivity index is 2.38. The number of methoxy groups -OCH3 is 1. The van der Waals surface area contributed by atoms with Gasteiger partial charge in [0.15, 0.2) is 16.7 Å². The first-order valence-corrected chi connectivity index (χ1v) is 6.55. The first-order chi connectivity index (χ1) is 9.15. The maximum absolute atomic E-state index is 11.6. The van der Waals surface area contributed by atoms with Crippen LogP contribution in [-0.4, -0.2) is 24.8 Å². The molecule has 5 nitrogen and oxygen atoms in total. The van der Waals surface area contributed by atoms with E-state index in [1.54, 1.807) is 13.2 Å². The molecule has 1 aliphatic heterocycles. The molecule has 0 atom stereocenters. The number of hydrogen-bond donors (Lipinski definition) is 1. The molecule has 0 aromatic heterocycles. The first-order valence-electron chi connectivity index (χ1n) is 5.73. The van der Waals surface area contributed by atoms with E-state index in [4.69, 9.17) is 15.2 Å². The first kappa shape index (κ1) is 13.5. The molecule has 0 spiro atoms. The smallest absolute Gasteiger partial charge is 0.286 e. The van der Waals surface area contributed by atoms with Gasteiger partial charge in [-0.3, -0.25) is 4.79 Å². The molecule has 0 fully saturated rings. The molecule has 0 saturated carbocycles. The molecule has 0 unspecified atom stereocenters. The van der Waals surface area contributed by atoms with Crippen molar-refractivity contribution in [3.63, 3.8) is 0 Å². The third kappa shape index (κ3) is 2.90. The Morgan fingerprint density at radius 3 is 2.84 bits per heavy atom. The molecule has 1 amide bonds. The number of rotatable bonds is 4. The molecule has 0 bridgehead atoms. The minimum Gasteiger partial charge on any atom is -0.492 e. The van der Waals surface area contributed by atoms with Crippen LogP contribution in [0.1, 0.15) is 12.5 Å². The summed E-state index contributed by atoms with van der Waals surface area (Å²) >= 11 is 1.15. The average Bonchev–Trinajstić information content (AvgIpc) is 2.69. The van der Waals surface area contributed by atoms with Gasteiger partial charge in [0, 0.05) is 5.56 Å². The third-order valence-electron chi connectivity index (χ3n) is 2.44. The van der Waals surface area contributed by atoms with Crippen molar-refractivity contribution in [3.8, 4) is 11.5 Å². The maximum Gasteiger partial charge on any atom is 0.286 e. The molecule has 100 valence electrons. The lowest BCUT2D eigenvalue weighted by Crippen LogP contribution is -2.01. The Morgan fingerprint density at radius 2 is 2.26 bits per heavy atom. The Labute approximate surface area is 115 Å². The van der Waals surface area contributed by atoms with E-state index in [2.05, 4.69) is 4.99 Å². The van der Waals surface area contributed by atoms with Gasteiger partial charge in [-0.05, 0) is 30.8 Å². The summed E-state index contributed by atoms with van der Waals surface area (Å²) in [6.45, 7) is 2.44. The van der Waals surface area contributed by atoms with Gasteiger partial charge >= 0.3 is 0 Å². The third-order valence-corrected chi connectivity index (χ3v) is 3.25. The van der Waals surface area contributed by atoms with Crippen molar-refractivity contribution in [1.82, 2.24) is 0 Å². The summed E-state index contributed by atoms with van der Waals surface area (Å²) in [6.07, 6.45) is 1.71. The monoisotopic (exact) mass is 278 g/mol. The van der Waals surface area contributed by atoms with E-state index in [0.29, 0.717) is 23.0 Å². The predicted octanol–water partition coefficient (Wildman–Crippen LogP) is 2.02. The van der Waals surface area contributed by atoms with Crippen LogP contribution in [0.4, 0.5) is 0 Å². The second kappa shape index (κ2) is 5.79. The highest BCUT2D eigenvalue weighted by Gasteiger charge is 2.20. The summed E-state index contributed by atoms with van der Waals surface area (Å²) in [5, 5.41) is 0.260. The van der Waals surface area contributed by atoms with E-state index < -0.39 is 0 Å². The summed E-state index contributed by atoms with van der Waals surface area (Å²) < 4.78 is 10.8. The Kier molecular flexibility index (Phi) is 4.11. The summed E-state index contributed by atoms with van der Waals surface area (Å²) in [5.41, 5.74) is 6.27. The largest absolute Gasteiger partial charge is 0.492 e. The van der Waals surface area contributed by atoms with E-state index in [9.17, 15) is 4.79 Å². The number of amidine groups is 1. The number of carbonyl (C=O) groups excluding carboxylic acids is 1. The van der Waals surface area contributed by atoms with Gasteiger partial charge in [-0.25, -0.2) is 0 Å². The number of aliphatic imine (C=N–C) groups is 1. The summed E-state index contributed by atoms with van der Waals surface area (Å²) in [6, 6.07) is 5.50. The van der Waals surface area contributed by atoms with Crippen molar-refractivity contribution in [2.24, 2.45) is 10.7 Å². The van der Waals surface area contributed by atoms with Crippen LogP contribution in [0, 0.1) is 0 Å².